The molecule has 0 aliphatic carbocycles. The van der Waals surface area contributed by atoms with Gasteiger partial charge < -0.3 is 14.5 Å². The van der Waals surface area contributed by atoms with Crippen LogP contribution in [0.15, 0.2) is 22.5 Å². The van der Waals surface area contributed by atoms with E-state index in [2.05, 4.69) is 5.10 Å². The first-order valence-corrected chi connectivity index (χ1v) is 14.8. The van der Waals surface area contributed by atoms with Gasteiger partial charge in [-0.1, -0.05) is 6.07 Å². The van der Waals surface area contributed by atoms with Gasteiger partial charge in [0.25, 0.3) is 0 Å². The summed E-state index contributed by atoms with van der Waals surface area (Å²) >= 11 is 1.58. The Morgan fingerprint density at radius 2 is 2.08 bits per heavy atom. The number of likely N-dealkylation sites (tertiary alicyclic amines) is 1. The summed E-state index contributed by atoms with van der Waals surface area (Å²) in [5.41, 5.74) is 0.636. The number of aryl methyl sites for hydroxylation is 2. The molecule has 11 heteroatoms. The van der Waals surface area contributed by atoms with Crippen LogP contribution in [0, 0.1) is 6.92 Å². The van der Waals surface area contributed by atoms with Gasteiger partial charge in [-0.3, -0.25) is 18.5 Å². The van der Waals surface area contributed by atoms with Gasteiger partial charge in [0.2, 0.25) is 11.8 Å². The second-order valence-corrected chi connectivity index (χ2v) is 11.5. The zero-order valence-corrected chi connectivity index (χ0v) is 23.3. The number of hydrogen-bond donors (Lipinski definition) is 0. The smallest absolute Gasteiger partial charge is 0.342 e. The van der Waals surface area contributed by atoms with E-state index in [4.69, 9.17) is 4.74 Å². The van der Waals surface area contributed by atoms with Crippen LogP contribution in [0.5, 0.6) is 0 Å². The number of nitrogens with zero attached hydrogens (tertiary/aromatic N) is 4. The molecule has 1 aliphatic heterocycles. The maximum Gasteiger partial charge on any atom is 0.342 e. The molecule has 9 nitrogen and oxygen atoms in total. The first-order chi connectivity index (χ1) is 17.1. The Bertz CT molecular complexity index is 1100. The molecule has 2 aromatic heterocycles. The highest BCUT2D eigenvalue weighted by atomic mass is 32.2. The van der Waals surface area contributed by atoms with Gasteiger partial charge in [-0.25, -0.2) is 4.79 Å². The average Bonchev–Trinajstić information content (AvgIpc) is 3.45. The largest absolute Gasteiger partial charge is 0.462 e. The first-order valence-electron chi connectivity index (χ1n) is 12.3. The van der Waals surface area contributed by atoms with Crippen LogP contribution in [-0.2, 0) is 38.1 Å². The summed E-state index contributed by atoms with van der Waals surface area (Å²) in [5.74, 6) is -0.524. The number of hydrogen-bond acceptors (Lipinski definition) is 7. The number of amides is 2. The molecule has 198 valence electrons. The van der Waals surface area contributed by atoms with Crippen molar-refractivity contribution in [3.05, 3.63) is 33.6 Å². The molecule has 0 aromatic carbocycles. The highest BCUT2D eigenvalue weighted by Gasteiger charge is 2.32. The van der Waals surface area contributed by atoms with E-state index in [0.29, 0.717) is 25.2 Å². The van der Waals surface area contributed by atoms with Crippen LogP contribution in [0.4, 0.5) is 0 Å². The van der Waals surface area contributed by atoms with Crippen molar-refractivity contribution in [2.75, 3.05) is 26.0 Å². The molecule has 0 bridgehead atoms. The normalized spacial score (nSPS) is 16.7. The molecule has 2 atom stereocenters. The Morgan fingerprint density at radius 3 is 2.69 bits per heavy atom. The molecule has 0 radical (unpaired) electrons. The molecule has 2 amide bonds. The Balaban J connectivity index is 1.71. The SMILES string of the molecule is CCOC(=O)c1c(C)nn(CCC(=O)N(C(C)C)[C@H]2CCCN(C(=O)Cc3cccs3)C2)c1S(C)=O. The Hall–Kier alpha value is -2.53. The van der Waals surface area contributed by atoms with Crippen molar-refractivity contribution in [3.8, 4) is 0 Å². The van der Waals surface area contributed by atoms with Gasteiger partial charge in [0.05, 0.1) is 36.1 Å². The fourth-order valence-corrected chi connectivity index (χ4v) is 6.41. The number of carbonyl (C=O) groups is 3. The molecule has 3 heterocycles. The average molecular weight is 537 g/mol. The minimum absolute atomic E-state index is 0.0379. The maximum atomic E-state index is 13.4. The third-order valence-electron chi connectivity index (χ3n) is 6.26. The summed E-state index contributed by atoms with van der Waals surface area (Å²) < 4.78 is 19.1. The van der Waals surface area contributed by atoms with E-state index in [0.717, 1.165) is 17.7 Å². The third-order valence-corrected chi connectivity index (χ3v) is 8.10. The monoisotopic (exact) mass is 536 g/mol. The minimum atomic E-state index is -1.49. The van der Waals surface area contributed by atoms with E-state index in [9.17, 15) is 18.6 Å². The highest BCUT2D eigenvalue weighted by Crippen LogP contribution is 2.23. The highest BCUT2D eigenvalue weighted by molar-refractivity contribution is 7.84. The van der Waals surface area contributed by atoms with Crippen LogP contribution >= 0.6 is 11.3 Å². The van der Waals surface area contributed by atoms with Crippen LogP contribution < -0.4 is 0 Å². The molecule has 0 spiro atoms. The second-order valence-electron chi connectivity index (χ2n) is 9.20. The van der Waals surface area contributed by atoms with Crippen LogP contribution in [0.25, 0.3) is 0 Å². The first kappa shape index (κ1) is 28.0. The predicted octanol–water partition coefficient (Wildman–Crippen LogP) is 3.03. The molecule has 2 aromatic rings. The van der Waals surface area contributed by atoms with E-state index in [1.54, 1.807) is 25.2 Å². The lowest BCUT2D eigenvalue weighted by Crippen LogP contribution is -2.54. The minimum Gasteiger partial charge on any atom is -0.462 e. The van der Waals surface area contributed by atoms with Gasteiger partial charge in [0, 0.05) is 42.7 Å². The van der Waals surface area contributed by atoms with Crippen LogP contribution in [0.2, 0.25) is 0 Å². The molecule has 1 saturated heterocycles. The van der Waals surface area contributed by atoms with Crippen LogP contribution in [0.3, 0.4) is 0 Å². The molecule has 0 N–H and O–H groups in total. The van der Waals surface area contributed by atoms with Gasteiger partial charge in [-0.15, -0.1) is 11.3 Å². The zero-order valence-electron chi connectivity index (χ0n) is 21.7. The van der Waals surface area contributed by atoms with Gasteiger partial charge in [-0.05, 0) is 52.0 Å². The second kappa shape index (κ2) is 12.6. The summed E-state index contributed by atoms with van der Waals surface area (Å²) in [6.07, 6.45) is 3.70. The number of thiophene rings is 1. The molecule has 36 heavy (non-hydrogen) atoms. The lowest BCUT2D eigenvalue weighted by molar-refractivity contribution is -0.141. The molecule has 3 rings (SSSR count). The summed E-state index contributed by atoms with van der Waals surface area (Å²) in [6, 6.07) is 3.81. The standard InChI is InChI=1S/C25H36N4O5S2/c1-6-34-25(32)23-18(4)26-28(24(23)36(5)33)13-11-21(30)29(17(2)3)19-9-7-12-27(16-19)22(31)15-20-10-8-14-35-20/h8,10,14,17,19H,6-7,9,11-13,15-16H2,1-5H3/t19-,36?/m0/s1. The number of aromatic nitrogens is 2. The van der Waals surface area contributed by atoms with Gasteiger partial charge in [-0.2, -0.15) is 5.10 Å². The van der Waals surface area contributed by atoms with Crippen molar-refractivity contribution in [1.29, 1.82) is 0 Å². The summed E-state index contributed by atoms with van der Waals surface area (Å²) in [6.45, 7) is 8.97. The zero-order chi connectivity index (χ0) is 26.4. The van der Waals surface area contributed by atoms with Crippen molar-refractivity contribution in [2.45, 2.75) is 77.0 Å². The number of piperidine rings is 1. The van der Waals surface area contributed by atoms with E-state index in [1.165, 1.54) is 10.9 Å². The van der Waals surface area contributed by atoms with Crippen molar-refractivity contribution in [1.82, 2.24) is 19.6 Å². The number of ether oxygens (including phenoxy) is 1. The molecule has 1 unspecified atom stereocenters. The predicted molar refractivity (Wildman–Crippen MR) is 139 cm³/mol. The van der Waals surface area contributed by atoms with Gasteiger partial charge in [0.15, 0.2) is 0 Å². The summed E-state index contributed by atoms with van der Waals surface area (Å²) in [4.78, 5) is 43.5. The fourth-order valence-electron chi connectivity index (χ4n) is 4.77. The number of rotatable bonds is 10. The van der Waals surface area contributed by atoms with Crippen LogP contribution in [0.1, 0.15) is 61.0 Å². The molecule has 1 fully saturated rings. The van der Waals surface area contributed by atoms with E-state index < -0.39 is 16.8 Å². The fraction of sp³-hybridized carbons (Fsp3) is 0.600. The molecule has 1 aliphatic rings. The Kier molecular flexibility index (Phi) is 9.84. The van der Waals surface area contributed by atoms with Gasteiger partial charge in [0.1, 0.15) is 10.6 Å². The lowest BCUT2D eigenvalue weighted by atomic mass is 10.0. The van der Waals surface area contributed by atoms with Crippen molar-refractivity contribution >= 4 is 39.9 Å². The van der Waals surface area contributed by atoms with E-state index in [1.807, 2.05) is 41.2 Å². The van der Waals surface area contributed by atoms with Gasteiger partial charge >= 0.3 is 5.97 Å². The molecule has 0 saturated carbocycles. The number of carbonyl (C=O) groups excluding carboxylic acids is 3. The Labute approximate surface area is 219 Å². The van der Waals surface area contributed by atoms with Crippen molar-refractivity contribution < 1.29 is 23.3 Å². The van der Waals surface area contributed by atoms with E-state index in [-0.39, 0.29) is 54.1 Å². The molecular formula is C25H36N4O5S2. The lowest BCUT2D eigenvalue weighted by Gasteiger charge is -2.41. The van der Waals surface area contributed by atoms with Crippen molar-refractivity contribution in [3.63, 3.8) is 0 Å². The summed E-state index contributed by atoms with van der Waals surface area (Å²) in [5, 5.41) is 6.64. The Morgan fingerprint density at radius 1 is 1.33 bits per heavy atom. The number of esters is 1. The quantitative estimate of drug-likeness (QED) is 0.433. The summed E-state index contributed by atoms with van der Waals surface area (Å²) in [7, 11) is -1.49. The maximum absolute atomic E-state index is 13.4. The topological polar surface area (TPSA) is 102 Å². The molecular weight excluding hydrogens is 500 g/mol. The van der Waals surface area contributed by atoms with Crippen LogP contribution in [-0.4, -0.2) is 79.6 Å². The third kappa shape index (κ3) is 6.61. The van der Waals surface area contributed by atoms with E-state index >= 15 is 0 Å². The van der Waals surface area contributed by atoms with Crippen molar-refractivity contribution in [2.24, 2.45) is 0 Å².